The van der Waals surface area contributed by atoms with Crippen LogP contribution in [0.2, 0.25) is 0 Å². The van der Waals surface area contributed by atoms with Crippen molar-refractivity contribution in [1.29, 1.82) is 0 Å². The van der Waals surface area contributed by atoms with Gasteiger partial charge in [0.05, 0.1) is 11.0 Å². The summed E-state index contributed by atoms with van der Waals surface area (Å²) in [5, 5.41) is 0. The Morgan fingerprint density at radius 2 is 1.89 bits per heavy atom. The molecule has 0 spiro atoms. The molecule has 0 amide bonds. The van der Waals surface area contributed by atoms with Crippen LogP contribution in [0.3, 0.4) is 0 Å². The van der Waals surface area contributed by atoms with Crippen molar-refractivity contribution < 1.29 is 4.79 Å². The highest BCUT2D eigenvalue weighted by Crippen LogP contribution is 2.22. The first-order chi connectivity index (χ1) is 8.41. The summed E-state index contributed by atoms with van der Waals surface area (Å²) in [5.74, 6) is 1.63. The largest absolute Gasteiger partial charge is 0.331 e. The van der Waals surface area contributed by atoms with E-state index in [1.165, 1.54) is 0 Å². The number of rotatable bonds is 3. The predicted octanol–water partition coefficient (Wildman–Crippen LogP) is 3.54. The molecule has 0 fully saturated rings. The number of fused-ring (bicyclic) bond motifs is 1. The molecule has 1 aromatic heterocycles. The highest BCUT2D eigenvalue weighted by atomic mass is 16.1. The van der Waals surface area contributed by atoms with E-state index >= 15 is 0 Å². The molecule has 0 saturated carbocycles. The molecule has 0 aliphatic rings. The quantitative estimate of drug-likeness (QED) is 0.774. The number of imidazole rings is 1. The Kier molecular flexibility index (Phi) is 3.24. The first-order valence-corrected chi connectivity index (χ1v) is 6.42. The fourth-order valence-electron chi connectivity index (χ4n) is 2.22. The maximum absolute atomic E-state index is 12.0. The van der Waals surface area contributed by atoms with Crippen LogP contribution in [-0.2, 0) is 7.05 Å². The van der Waals surface area contributed by atoms with Gasteiger partial charge in [0, 0.05) is 24.4 Å². The maximum atomic E-state index is 12.0. The van der Waals surface area contributed by atoms with Crippen LogP contribution in [0.25, 0.3) is 11.0 Å². The Morgan fingerprint density at radius 3 is 2.44 bits per heavy atom. The molecule has 0 N–H and O–H groups in total. The summed E-state index contributed by atoms with van der Waals surface area (Å²) < 4.78 is 2.10. The van der Waals surface area contributed by atoms with Crippen LogP contribution >= 0.6 is 0 Å². The van der Waals surface area contributed by atoms with Crippen molar-refractivity contribution in [2.75, 3.05) is 0 Å². The molecule has 3 nitrogen and oxygen atoms in total. The molecule has 96 valence electrons. The molecule has 0 aliphatic carbocycles. The molecule has 0 saturated heterocycles. The molecule has 0 unspecified atom stereocenters. The zero-order valence-electron chi connectivity index (χ0n) is 11.7. The SMILES string of the molecule is CC(C)C(=O)c1ccc2c(c1)nc(C(C)C)n2C. The van der Waals surface area contributed by atoms with E-state index in [1.807, 2.05) is 39.1 Å². The molecule has 0 bridgehead atoms. The van der Waals surface area contributed by atoms with E-state index in [1.54, 1.807) is 0 Å². The Hall–Kier alpha value is -1.64. The third-order valence-corrected chi connectivity index (χ3v) is 3.24. The van der Waals surface area contributed by atoms with Gasteiger partial charge in [0.2, 0.25) is 0 Å². The minimum Gasteiger partial charge on any atom is -0.331 e. The van der Waals surface area contributed by atoms with Crippen molar-refractivity contribution >= 4 is 16.8 Å². The second-order valence-corrected chi connectivity index (χ2v) is 5.41. The number of carbonyl (C=O) groups is 1. The van der Waals surface area contributed by atoms with Crippen LogP contribution in [0.15, 0.2) is 18.2 Å². The van der Waals surface area contributed by atoms with Crippen molar-refractivity contribution in [3.63, 3.8) is 0 Å². The molecule has 2 aromatic rings. The summed E-state index contributed by atoms with van der Waals surface area (Å²) in [6.07, 6.45) is 0. The van der Waals surface area contributed by atoms with Crippen molar-refractivity contribution in [3.05, 3.63) is 29.6 Å². The third-order valence-electron chi connectivity index (χ3n) is 3.24. The van der Waals surface area contributed by atoms with Crippen LogP contribution < -0.4 is 0 Å². The van der Waals surface area contributed by atoms with Gasteiger partial charge in [-0.05, 0) is 18.2 Å². The number of hydrogen-bond donors (Lipinski definition) is 0. The third kappa shape index (κ3) is 2.05. The van der Waals surface area contributed by atoms with E-state index in [0.717, 1.165) is 22.4 Å². The fraction of sp³-hybridized carbons (Fsp3) is 0.467. The molecular formula is C15H20N2O. The molecule has 1 aromatic carbocycles. The van der Waals surface area contributed by atoms with Gasteiger partial charge < -0.3 is 4.57 Å². The van der Waals surface area contributed by atoms with Gasteiger partial charge in [0.1, 0.15) is 5.82 Å². The van der Waals surface area contributed by atoms with Crippen molar-refractivity contribution in [2.45, 2.75) is 33.6 Å². The topological polar surface area (TPSA) is 34.9 Å². The average molecular weight is 244 g/mol. The number of ketones is 1. The van der Waals surface area contributed by atoms with Crippen molar-refractivity contribution in [1.82, 2.24) is 9.55 Å². The standard InChI is InChI=1S/C15H20N2O/c1-9(2)14(18)11-6-7-13-12(8-11)16-15(10(3)4)17(13)5/h6-10H,1-5H3. The molecule has 1 heterocycles. The summed E-state index contributed by atoms with van der Waals surface area (Å²) in [4.78, 5) is 16.6. The van der Waals surface area contributed by atoms with E-state index in [2.05, 4.69) is 23.4 Å². The number of aryl methyl sites for hydroxylation is 1. The molecule has 2 rings (SSSR count). The first-order valence-electron chi connectivity index (χ1n) is 6.42. The number of Topliss-reactive ketones (excluding diaryl/α,β-unsaturated/α-hetero) is 1. The smallest absolute Gasteiger partial charge is 0.165 e. The van der Waals surface area contributed by atoms with Crippen molar-refractivity contribution in [2.24, 2.45) is 13.0 Å². The van der Waals surface area contributed by atoms with Crippen LogP contribution in [0.4, 0.5) is 0 Å². The molecule has 0 radical (unpaired) electrons. The van der Waals surface area contributed by atoms with E-state index in [0.29, 0.717) is 5.92 Å². The lowest BCUT2D eigenvalue weighted by Gasteiger charge is -2.05. The highest BCUT2D eigenvalue weighted by molar-refractivity contribution is 6.00. The van der Waals surface area contributed by atoms with Gasteiger partial charge in [-0.3, -0.25) is 4.79 Å². The fourth-order valence-corrected chi connectivity index (χ4v) is 2.22. The zero-order valence-corrected chi connectivity index (χ0v) is 11.7. The van der Waals surface area contributed by atoms with E-state index < -0.39 is 0 Å². The van der Waals surface area contributed by atoms with Crippen LogP contribution in [0.1, 0.15) is 49.8 Å². The Labute approximate surface area is 108 Å². The number of hydrogen-bond acceptors (Lipinski definition) is 2. The van der Waals surface area contributed by atoms with Gasteiger partial charge in [0.15, 0.2) is 5.78 Å². The van der Waals surface area contributed by atoms with Crippen LogP contribution in [0.5, 0.6) is 0 Å². The lowest BCUT2D eigenvalue weighted by Crippen LogP contribution is -2.07. The maximum Gasteiger partial charge on any atom is 0.165 e. The van der Waals surface area contributed by atoms with Gasteiger partial charge in [-0.1, -0.05) is 27.7 Å². The molecule has 0 aliphatic heterocycles. The van der Waals surface area contributed by atoms with Crippen molar-refractivity contribution in [3.8, 4) is 0 Å². The Balaban J connectivity index is 2.56. The summed E-state index contributed by atoms with van der Waals surface area (Å²) in [6.45, 7) is 8.10. The second kappa shape index (κ2) is 4.56. The average Bonchev–Trinajstić information content (AvgIpc) is 2.65. The predicted molar refractivity (Wildman–Crippen MR) is 74.0 cm³/mol. The molecular weight excluding hydrogens is 224 g/mol. The van der Waals surface area contributed by atoms with Gasteiger partial charge in [-0.25, -0.2) is 4.98 Å². The highest BCUT2D eigenvalue weighted by Gasteiger charge is 2.14. The monoisotopic (exact) mass is 244 g/mol. The van der Waals surface area contributed by atoms with Gasteiger partial charge in [0.25, 0.3) is 0 Å². The van der Waals surface area contributed by atoms with Gasteiger partial charge in [-0.2, -0.15) is 0 Å². The number of aromatic nitrogens is 2. The molecule has 0 atom stereocenters. The molecule has 3 heteroatoms. The normalized spacial score (nSPS) is 11.7. The van der Waals surface area contributed by atoms with Crippen LogP contribution in [-0.4, -0.2) is 15.3 Å². The zero-order chi connectivity index (χ0) is 13.4. The summed E-state index contributed by atoms with van der Waals surface area (Å²) in [7, 11) is 2.02. The summed E-state index contributed by atoms with van der Waals surface area (Å²) >= 11 is 0. The number of carbonyl (C=O) groups excluding carboxylic acids is 1. The lowest BCUT2D eigenvalue weighted by molar-refractivity contribution is 0.0939. The van der Waals surface area contributed by atoms with E-state index in [9.17, 15) is 4.79 Å². The first kappa shape index (κ1) is 12.8. The Morgan fingerprint density at radius 1 is 1.22 bits per heavy atom. The minimum absolute atomic E-state index is 0.0238. The minimum atomic E-state index is 0.0238. The summed E-state index contributed by atoms with van der Waals surface area (Å²) in [6, 6.07) is 5.80. The van der Waals surface area contributed by atoms with Crippen LogP contribution in [0, 0.1) is 5.92 Å². The van der Waals surface area contributed by atoms with E-state index in [-0.39, 0.29) is 11.7 Å². The number of nitrogens with zero attached hydrogens (tertiary/aromatic N) is 2. The number of benzene rings is 1. The summed E-state index contributed by atoms with van der Waals surface area (Å²) in [5.41, 5.74) is 2.75. The molecule has 18 heavy (non-hydrogen) atoms. The van der Waals surface area contributed by atoms with Gasteiger partial charge >= 0.3 is 0 Å². The van der Waals surface area contributed by atoms with E-state index in [4.69, 9.17) is 0 Å². The Bertz CT molecular complexity index is 594. The lowest BCUT2D eigenvalue weighted by atomic mass is 10.0. The van der Waals surface area contributed by atoms with Gasteiger partial charge in [-0.15, -0.1) is 0 Å². The second-order valence-electron chi connectivity index (χ2n) is 5.41.